The van der Waals surface area contributed by atoms with Crippen LogP contribution in [0.1, 0.15) is 32.8 Å². The van der Waals surface area contributed by atoms with Crippen molar-refractivity contribution >= 4 is 24.5 Å². The molecule has 2 aromatic carbocycles. The van der Waals surface area contributed by atoms with Crippen molar-refractivity contribution in [2.24, 2.45) is 5.41 Å². The van der Waals surface area contributed by atoms with Crippen LogP contribution in [0.3, 0.4) is 0 Å². The average Bonchev–Trinajstić information content (AvgIpc) is 2.61. The molecule has 0 saturated carbocycles. The monoisotopic (exact) mass is 385 g/mol. The Bertz CT molecular complexity index is 766. The summed E-state index contributed by atoms with van der Waals surface area (Å²) < 4.78 is 0. The largest absolute Gasteiger partial charge is 0.480 e. The molecule has 0 aromatic heterocycles. The van der Waals surface area contributed by atoms with Gasteiger partial charge < -0.3 is 10.4 Å². The quantitative estimate of drug-likeness (QED) is 0.626. The molecule has 0 radical (unpaired) electrons. The molecule has 5 heteroatoms. The van der Waals surface area contributed by atoms with E-state index in [9.17, 15) is 14.7 Å². The second kappa shape index (κ2) is 9.09. The highest BCUT2D eigenvalue weighted by atomic mass is 32.1. The summed E-state index contributed by atoms with van der Waals surface area (Å²) in [4.78, 5) is 23.9. The molecule has 0 aliphatic heterocycles. The number of carbonyl (C=O) groups excluding carboxylic acids is 1. The molecule has 144 valence electrons. The van der Waals surface area contributed by atoms with Gasteiger partial charge in [0.05, 0.1) is 5.25 Å². The topological polar surface area (TPSA) is 66.4 Å². The fourth-order valence-electron chi connectivity index (χ4n) is 2.84. The fourth-order valence-corrected chi connectivity index (χ4v) is 3.46. The van der Waals surface area contributed by atoms with Crippen LogP contribution in [0.4, 0.5) is 0 Å². The van der Waals surface area contributed by atoms with E-state index in [0.29, 0.717) is 6.42 Å². The van der Waals surface area contributed by atoms with Gasteiger partial charge in [-0.2, -0.15) is 12.6 Å². The third kappa shape index (κ3) is 6.75. The van der Waals surface area contributed by atoms with E-state index in [1.807, 2.05) is 75.4 Å². The van der Waals surface area contributed by atoms with Crippen molar-refractivity contribution in [2.75, 3.05) is 0 Å². The predicted molar refractivity (Wildman–Crippen MR) is 112 cm³/mol. The first-order valence-corrected chi connectivity index (χ1v) is 9.53. The van der Waals surface area contributed by atoms with Crippen LogP contribution < -0.4 is 5.32 Å². The molecule has 2 atom stereocenters. The smallest absolute Gasteiger partial charge is 0.326 e. The van der Waals surface area contributed by atoms with Crippen LogP contribution in [0.2, 0.25) is 0 Å². The van der Waals surface area contributed by atoms with Crippen molar-refractivity contribution in [2.45, 2.75) is 44.9 Å². The molecule has 0 spiro atoms. The van der Waals surface area contributed by atoms with Gasteiger partial charge in [0.1, 0.15) is 6.04 Å². The van der Waals surface area contributed by atoms with Crippen molar-refractivity contribution in [3.8, 4) is 11.1 Å². The summed E-state index contributed by atoms with van der Waals surface area (Å²) in [5, 5.41) is 11.6. The Balaban J connectivity index is 2.03. The fraction of sp³-hybridized carbons (Fsp3) is 0.364. The van der Waals surface area contributed by atoms with E-state index >= 15 is 0 Å². The molecule has 4 nitrogen and oxygen atoms in total. The lowest BCUT2D eigenvalue weighted by Gasteiger charge is -2.23. The average molecular weight is 386 g/mol. The Morgan fingerprint density at radius 3 is 2.07 bits per heavy atom. The third-order valence-electron chi connectivity index (χ3n) is 4.22. The number of carbonyl (C=O) groups is 2. The van der Waals surface area contributed by atoms with Crippen molar-refractivity contribution in [1.29, 1.82) is 0 Å². The molecule has 0 aliphatic carbocycles. The number of aliphatic carboxylic acids is 1. The van der Waals surface area contributed by atoms with E-state index in [1.165, 1.54) is 0 Å². The number of nitrogens with one attached hydrogen (secondary N) is 1. The highest BCUT2D eigenvalue weighted by molar-refractivity contribution is 7.81. The number of hydrogen-bond donors (Lipinski definition) is 3. The molecule has 2 aromatic rings. The van der Waals surface area contributed by atoms with Gasteiger partial charge in [0.2, 0.25) is 5.91 Å². The summed E-state index contributed by atoms with van der Waals surface area (Å²) in [5.41, 5.74) is 2.97. The van der Waals surface area contributed by atoms with E-state index in [1.54, 1.807) is 0 Å². The zero-order valence-corrected chi connectivity index (χ0v) is 16.9. The van der Waals surface area contributed by atoms with Crippen LogP contribution in [0.5, 0.6) is 0 Å². The second-order valence-electron chi connectivity index (χ2n) is 7.95. The maximum atomic E-state index is 12.3. The van der Waals surface area contributed by atoms with Gasteiger partial charge in [-0.15, -0.1) is 0 Å². The maximum Gasteiger partial charge on any atom is 0.326 e. The Kier molecular flexibility index (Phi) is 7.08. The Labute approximate surface area is 166 Å². The molecule has 0 bridgehead atoms. The summed E-state index contributed by atoms with van der Waals surface area (Å²) in [5.74, 6) is -1.40. The first-order valence-electron chi connectivity index (χ1n) is 9.01. The molecule has 27 heavy (non-hydrogen) atoms. The van der Waals surface area contributed by atoms with Crippen molar-refractivity contribution in [1.82, 2.24) is 5.32 Å². The molecule has 2 rings (SSSR count). The lowest BCUT2D eigenvalue weighted by molar-refractivity contribution is -0.141. The van der Waals surface area contributed by atoms with E-state index < -0.39 is 17.3 Å². The van der Waals surface area contributed by atoms with Crippen molar-refractivity contribution < 1.29 is 14.7 Å². The number of thiol groups is 1. The molecular formula is C22H27NO3S. The standard InChI is InChI=1S/C22H27NO3S/c1-22(2,3)14-19(27)20(24)23-18(21(25)26)13-15-9-11-17(12-10-15)16-7-5-4-6-8-16/h4-12,18-19,27H,13-14H2,1-3H3,(H,23,24)(H,25,26)/t18-,19-/m0/s1. The number of amides is 1. The summed E-state index contributed by atoms with van der Waals surface area (Å²) >= 11 is 4.34. The molecule has 2 N–H and O–H groups in total. The van der Waals surface area contributed by atoms with E-state index in [0.717, 1.165) is 16.7 Å². The van der Waals surface area contributed by atoms with Gasteiger partial charge in [-0.25, -0.2) is 4.79 Å². The highest BCUT2D eigenvalue weighted by Gasteiger charge is 2.26. The molecule has 0 aliphatic rings. The minimum Gasteiger partial charge on any atom is -0.480 e. The normalized spacial score (nSPS) is 13.6. The van der Waals surface area contributed by atoms with Gasteiger partial charge in [-0.05, 0) is 28.5 Å². The lowest BCUT2D eigenvalue weighted by atomic mass is 9.90. The van der Waals surface area contributed by atoms with Crippen molar-refractivity contribution in [3.63, 3.8) is 0 Å². The zero-order chi connectivity index (χ0) is 20.0. The Hall–Kier alpha value is -2.27. The van der Waals surface area contributed by atoms with Crippen LogP contribution in [0.25, 0.3) is 11.1 Å². The first-order chi connectivity index (χ1) is 12.7. The van der Waals surface area contributed by atoms with Gasteiger partial charge in [-0.1, -0.05) is 75.4 Å². The zero-order valence-electron chi connectivity index (χ0n) is 16.0. The predicted octanol–water partition coefficient (Wildman–Crippen LogP) is 4.20. The molecule has 0 saturated heterocycles. The maximum absolute atomic E-state index is 12.3. The van der Waals surface area contributed by atoms with Crippen molar-refractivity contribution in [3.05, 3.63) is 60.2 Å². The van der Waals surface area contributed by atoms with E-state index in [4.69, 9.17) is 0 Å². The minimum atomic E-state index is -1.05. The van der Waals surface area contributed by atoms with E-state index in [2.05, 4.69) is 17.9 Å². The van der Waals surface area contributed by atoms with Gasteiger partial charge in [-0.3, -0.25) is 4.79 Å². The second-order valence-corrected chi connectivity index (χ2v) is 8.57. The summed E-state index contributed by atoms with van der Waals surface area (Å²) in [6, 6.07) is 16.7. The highest BCUT2D eigenvalue weighted by Crippen LogP contribution is 2.24. The molecular weight excluding hydrogens is 358 g/mol. The first kappa shape index (κ1) is 21.0. The molecule has 1 amide bonds. The third-order valence-corrected chi connectivity index (χ3v) is 4.64. The summed E-state index contributed by atoms with van der Waals surface area (Å²) in [7, 11) is 0. The van der Waals surface area contributed by atoms with Gasteiger partial charge in [0.25, 0.3) is 0 Å². The number of carboxylic acids is 1. The SMILES string of the molecule is CC(C)(C)C[C@H](S)C(=O)N[C@@H](Cc1ccc(-c2ccccc2)cc1)C(=O)O. The van der Waals surface area contributed by atoms with E-state index in [-0.39, 0.29) is 17.7 Å². The van der Waals surface area contributed by atoms with Gasteiger partial charge in [0.15, 0.2) is 0 Å². The summed E-state index contributed by atoms with van der Waals surface area (Å²) in [6.07, 6.45) is 0.798. The van der Waals surface area contributed by atoms with Crippen LogP contribution in [-0.2, 0) is 16.0 Å². The van der Waals surface area contributed by atoms with Crippen LogP contribution in [0, 0.1) is 5.41 Å². The van der Waals surface area contributed by atoms with Crippen LogP contribution in [-0.4, -0.2) is 28.3 Å². The lowest BCUT2D eigenvalue weighted by Crippen LogP contribution is -2.46. The summed E-state index contributed by atoms with van der Waals surface area (Å²) in [6.45, 7) is 6.06. The number of hydrogen-bond acceptors (Lipinski definition) is 3. The Morgan fingerprint density at radius 1 is 1.00 bits per heavy atom. The Morgan fingerprint density at radius 2 is 1.56 bits per heavy atom. The number of benzene rings is 2. The van der Waals surface area contributed by atoms with Gasteiger partial charge >= 0.3 is 5.97 Å². The van der Waals surface area contributed by atoms with Crippen LogP contribution in [0.15, 0.2) is 54.6 Å². The minimum absolute atomic E-state index is 0.0598. The van der Waals surface area contributed by atoms with Crippen LogP contribution >= 0.6 is 12.6 Å². The molecule has 0 heterocycles. The number of carboxylic acid groups (broad SMARTS) is 1. The molecule has 0 fully saturated rings. The number of rotatable bonds is 7. The van der Waals surface area contributed by atoms with Gasteiger partial charge in [0, 0.05) is 6.42 Å². The molecule has 0 unspecified atom stereocenters.